The number of rotatable bonds is 3. The molecule has 0 spiro atoms. The Balaban J connectivity index is 2.36. The van der Waals surface area contributed by atoms with E-state index in [0.717, 1.165) is 16.4 Å². The molecule has 0 radical (unpaired) electrons. The van der Waals surface area contributed by atoms with E-state index in [1.807, 2.05) is 0 Å². The molecule has 2 atom stereocenters. The van der Waals surface area contributed by atoms with Gasteiger partial charge in [0.2, 0.25) is 10.0 Å². The minimum absolute atomic E-state index is 0.0165. The van der Waals surface area contributed by atoms with Crippen molar-refractivity contribution < 1.29 is 22.7 Å². The highest BCUT2D eigenvalue weighted by molar-refractivity contribution is 7.89. The van der Waals surface area contributed by atoms with E-state index in [1.165, 1.54) is 6.07 Å². The highest BCUT2D eigenvalue weighted by Crippen LogP contribution is 2.24. The van der Waals surface area contributed by atoms with E-state index in [4.69, 9.17) is 15.6 Å². The number of sulfonamides is 1. The number of hydrogen-bond acceptors (Lipinski definition) is 5. The molecule has 0 amide bonds. The van der Waals surface area contributed by atoms with Crippen molar-refractivity contribution in [1.29, 1.82) is 0 Å². The van der Waals surface area contributed by atoms with Crippen LogP contribution in [0.3, 0.4) is 0 Å². The summed E-state index contributed by atoms with van der Waals surface area (Å²) in [5, 5.41) is 9.12. The number of anilines is 1. The fraction of sp³-hybridized carbons (Fsp3) is 0.500. The Morgan fingerprint density at radius 2 is 2.20 bits per heavy atom. The van der Waals surface area contributed by atoms with Crippen LogP contribution in [0.2, 0.25) is 0 Å². The standard InChI is InChI=1S/C12H17FN2O4S/c1-8-5-15(6-10(7-16)19-8)20(17,18)12-4-9(14)2-3-11(12)13/h2-4,8,10,16H,5-7,14H2,1H3. The third kappa shape index (κ3) is 2.93. The summed E-state index contributed by atoms with van der Waals surface area (Å²) < 4.78 is 45.2. The predicted molar refractivity (Wildman–Crippen MR) is 71.0 cm³/mol. The number of nitrogens with zero attached hydrogens (tertiary/aromatic N) is 1. The maximum atomic E-state index is 13.8. The van der Waals surface area contributed by atoms with Crippen LogP contribution in [0.5, 0.6) is 0 Å². The third-order valence-corrected chi connectivity index (χ3v) is 4.92. The summed E-state index contributed by atoms with van der Waals surface area (Å²) in [6, 6.07) is 3.42. The number of aliphatic hydroxyl groups excluding tert-OH is 1. The molecule has 1 aliphatic rings. The van der Waals surface area contributed by atoms with Crippen LogP contribution in [0, 0.1) is 5.82 Å². The monoisotopic (exact) mass is 304 g/mol. The van der Waals surface area contributed by atoms with E-state index < -0.39 is 26.8 Å². The average Bonchev–Trinajstić information content (AvgIpc) is 2.40. The maximum Gasteiger partial charge on any atom is 0.246 e. The summed E-state index contributed by atoms with van der Waals surface area (Å²) in [5.74, 6) is -0.848. The van der Waals surface area contributed by atoms with Gasteiger partial charge >= 0.3 is 0 Å². The van der Waals surface area contributed by atoms with Gasteiger partial charge in [0, 0.05) is 18.8 Å². The fourth-order valence-corrected chi connectivity index (χ4v) is 3.80. The van der Waals surface area contributed by atoms with Crippen molar-refractivity contribution in [3.8, 4) is 0 Å². The number of halogens is 1. The van der Waals surface area contributed by atoms with E-state index in [9.17, 15) is 12.8 Å². The Hall–Kier alpha value is -1.22. The second kappa shape index (κ2) is 5.65. The van der Waals surface area contributed by atoms with Gasteiger partial charge < -0.3 is 15.6 Å². The number of ether oxygens (including phenoxy) is 1. The molecule has 1 aliphatic heterocycles. The zero-order valence-electron chi connectivity index (χ0n) is 11.0. The Morgan fingerprint density at radius 3 is 2.85 bits per heavy atom. The van der Waals surface area contributed by atoms with Crippen LogP contribution < -0.4 is 5.73 Å². The first kappa shape index (κ1) is 15.2. The van der Waals surface area contributed by atoms with Crippen LogP contribution in [0.25, 0.3) is 0 Å². The van der Waals surface area contributed by atoms with Crippen LogP contribution in [0.4, 0.5) is 10.1 Å². The molecular formula is C12H17FN2O4S. The molecule has 3 N–H and O–H groups in total. The van der Waals surface area contributed by atoms with Crippen molar-refractivity contribution in [3.05, 3.63) is 24.0 Å². The second-order valence-electron chi connectivity index (χ2n) is 4.76. The number of benzene rings is 1. The van der Waals surface area contributed by atoms with Gasteiger partial charge in [-0.2, -0.15) is 4.31 Å². The molecule has 0 saturated carbocycles. The highest BCUT2D eigenvalue weighted by Gasteiger charge is 2.35. The second-order valence-corrected chi connectivity index (χ2v) is 6.67. The third-order valence-electron chi connectivity index (χ3n) is 3.07. The zero-order valence-corrected chi connectivity index (χ0v) is 11.8. The molecule has 8 heteroatoms. The van der Waals surface area contributed by atoms with E-state index in [2.05, 4.69) is 0 Å². The largest absolute Gasteiger partial charge is 0.399 e. The van der Waals surface area contributed by atoms with Gasteiger partial charge in [-0.05, 0) is 25.1 Å². The smallest absolute Gasteiger partial charge is 0.246 e. The highest BCUT2D eigenvalue weighted by atomic mass is 32.2. The summed E-state index contributed by atoms with van der Waals surface area (Å²) in [6.45, 7) is 1.49. The number of nitrogen functional groups attached to an aromatic ring is 1. The SMILES string of the molecule is CC1CN(S(=O)(=O)c2cc(N)ccc2F)CC(CO)O1. The molecule has 1 heterocycles. The molecule has 0 aliphatic carbocycles. The van der Waals surface area contributed by atoms with Gasteiger partial charge in [0.05, 0.1) is 18.8 Å². The van der Waals surface area contributed by atoms with Crippen molar-refractivity contribution >= 4 is 15.7 Å². The summed E-state index contributed by atoms with van der Waals surface area (Å²) in [6.07, 6.45) is -0.988. The molecule has 2 rings (SSSR count). The van der Waals surface area contributed by atoms with E-state index in [0.29, 0.717) is 0 Å². The molecule has 1 aromatic carbocycles. The maximum absolute atomic E-state index is 13.8. The van der Waals surface area contributed by atoms with Crippen LogP contribution >= 0.6 is 0 Å². The van der Waals surface area contributed by atoms with Gasteiger partial charge in [-0.1, -0.05) is 0 Å². The lowest BCUT2D eigenvalue weighted by Crippen LogP contribution is -2.50. The Bertz CT molecular complexity index is 593. The number of hydrogen-bond donors (Lipinski definition) is 2. The molecule has 0 aromatic heterocycles. The molecular weight excluding hydrogens is 287 g/mol. The molecule has 112 valence electrons. The molecule has 6 nitrogen and oxygen atoms in total. The lowest BCUT2D eigenvalue weighted by atomic mass is 10.2. The van der Waals surface area contributed by atoms with Crippen molar-refractivity contribution in [2.75, 3.05) is 25.4 Å². The van der Waals surface area contributed by atoms with E-state index >= 15 is 0 Å². The van der Waals surface area contributed by atoms with Gasteiger partial charge in [-0.25, -0.2) is 12.8 Å². The molecule has 1 saturated heterocycles. The van der Waals surface area contributed by atoms with Crippen molar-refractivity contribution in [2.24, 2.45) is 0 Å². The van der Waals surface area contributed by atoms with Crippen LogP contribution in [0.15, 0.2) is 23.1 Å². The van der Waals surface area contributed by atoms with Gasteiger partial charge in [0.25, 0.3) is 0 Å². The summed E-state index contributed by atoms with van der Waals surface area (Å²) in [5.41, 5.74) is 5.69. The lowest BCUT2D eigenvalue weighted by molar-refractivity contribution is -0.0750. The Kier molecular flexibility index (Phi) is 4.28. The summed E-state index contributed by atoms with van der Waals surface area (Å²) in [7, 11) is -4.00. The topological polar surface area (TPSA) is 92.9 Å². The van der Waals surface area contributed by atoms with Crippen LogP contribution in [0.1, 0.15) is 6.92 Å². The molecule has 1 fully saturated rings. The van der Waals surface area contributed by atoms with E-state index in [-0.39, 0.29) is 31.5 Å². The van der Waals surface area contributed by atoms with E-state index in [1.54, 1.807) is 6.92 Å². The Labute approximate surface area is 117 Å². The van der Waals surface area contributed by atoms with Gasteiger partial charge in [0.15, 0.2) is 0 Å². The van der Waals surface area contributed by atoms with Gasteiger partial charge in [0.1, 0.15) is 10.7 Å². The molecule has 0 bridgehead atoms. The number of morpholine rings is 1. The van der Waals surface area contributed by atoms with Crippen molar-refractivity contribution in [3.63, 3.8) is 0 Å². The minimum Gasteiger partial charge on any atom is -0.399 e. The fourth-order valence-electron chi connectivity index (χ4n) is 2.16. The average molecular weight is 304 g/mol. The first-order valence-corrected chi connectivity index (χ1v) is 7.60. The first-order chi connectivity index (χ1) is 9.34. The number of nitrogens with two attached hydrogens (primary N) is 1. The quantitative estimate of drug-likeness (QED) is 0.777. The first-order valence-electron chi connectivity index (χ1n) is 6.16. The molecule has 20 heavy (non-hydrogen) atoms. The minimum atomic E-state index is -4.00. The van der Waals surface area contributed by atoms with Gasteiger partial charge in [-0.3, -0.25) is 0 Å². The normalized spacial score (nSPS) is 24.8. The summed E-state index contributed by atoms with van der Waals surface area (Å²) in [4.78, 5) is -0.455. The van der Waals surface area contributed by atoms with Crippen LogP contribution in [-0.4, -0.2) is 49.7 Å². The van der Waals surface area contributed by atoms with Gasteiger partial charge in [-0.15, -0.1) is 0 Å². The zero-order chi connectivity index (χ0) is 14.9. The lowest BCUT2D eigenvalue weighted by Gasteiger charge is -2.35. The van der Waals surface area contributed by atoms with Crippen molar-refractivity contribution in [1.82, 2.24) is 4.31 Å². The van der Waals surface area contributed by atoms with Crippen molar-refractivity contribution in [2.45, 2.75) is 24.0 Å². The molecule has 1 aromatic rings. The number of aliphatic hydroxyl groups is 1. The molecule has 2 unspecified atom stereocenters. The summed E-state index contributed by atoms with van der Waals surface area (Å²) >= 11 is 0. The predicted octanol–water partition coefficient (Wildman–Crippen LogP) is 0.178. The van der Waals surface area contributed by atoms with Crippen LogP contribution in [-0.2, 0) is 14.8 Å². The Morgan fingerprint density at radius 1 is 1.50 bits per heavy atom.